The minimum atomic E-state index is -0.201. The van der Waals surface area contributed by atoms with Gasteiger partial charge in [-0.25, -0.2) is 4.98 Å². The van der Waals surface area contributed by atoms with Gasteiger partial charge in [-0.2, -0.15) is 0 Å². The molecule has 0 N–H and O–H groups in total. The summed E-state index contributed by atoms with van der Waals surface area (Å²) in [6, 6.07) is 7.89. The molecule has 136 valence electrons. The second-order valence-corrected chi connectivity index (χ2v) is 6.79. The minimum absolute atomic E-state index is 0. The summed E-state index contributed by atoms with van der Waals surface area (Å²) in [7, 11) is 4.04. The lowest BCUT2D eigenvalue weighted by molar-refractivity contribution is -0.119. The number of rotatable bonds is 6. The Labute approximate surface area is 157 Å². The van der Waals surface area contributed by atoms with E-state index in [1.54, 1.807) is 4.90 Å². The summed E-state index contributed by atoms with van der Waals surface area (Å²) < 4.78 is 11.7. The van der Waals surface area contributed by atoms with Crippen molar-refractivity contribution < 1.29 is 14.3 Å². The number of thiazole rings is 1. The molecule has 3 rings (SSSR count). The van der Waals surface area contributed by atoms with Crippen LogP contribution in [0.15, 0.2) is 36.3 Å². The van der Waals surface area contributed by atoms with Gasteiger partial charge < -0.3 is 14.4 Å². The molecule has 0 saturated carbocycles. The number of amides is 1. The predicted molar refractivity (Wildman–Crippen MR) is 102 cm³/mol. The van der Waals surface area contributed by atoms with Gasteiger partial charge in [0, 0.05) is 6.54 Å². The maximum Gasteiger partial charge on any atom is 0.298 e. The Hall–Kier alpha value is -1.83. The van der Waals surface area contributed by atoms with Gasteiger partial charge in [0.2, 0.25) is 5.76 Å². The fourth-order valence-electron chi connectivity index (χ4n) is 2.42. The molecule has 0 bridgehead atoms. The molecule has 6 nitrogen and oxygen atoms in total. The lowest BCUT2D eigenvalue weighted by Gasteiger charge is -2.23. The van der Waals surface area contributed by atoms with Gasteiger partial charge in [0.05, 0.1) is 10.2 Å². The lowest BCUT2D eigenvalue weighted by atomic mass is 10.3. The Balaban J connectivity index is 0.00000225. The molecule has 1 amide bonds. The number of carbonyl (C=O) groups is 1. The Morgan fingerprint density at radius 3 is 2.72 bits per heavy atom. The number of carbonyl (C=O) groups excluding carboxylic acids is 1. The van der Waals surface area contributed by atoms with Crippen molar-refractivity contribution in [1.29, 1.82) is 0 Å². The van der Waals surface area contributed by atoms with Gasteiger partial charge in [-0.3, -0.25) is 9.69 Å². The van der Waals surface area contributed by atoms with Gasteiger partial charge in [-0.15, -0.1) is 12.4 Å². The first-order valence-corrected chi connectivity index (χ1v) is 8.73. The van der Waals surface area contributed by atoms with Crippen molar-refractivity contribution in [2.45, 2.75) is 6.42 Å². The van der Waals surface area contributed by atoms with Crippen molar-refractivity contribution in [3.8, 4) is 0 Å². The highest BCUT2D eigenvalue weighted by molar-refractivity contribution is 7.22. The highest BCUT2D eigenvalue weighted by Crippen LogP contribution is 2.29. The number of para-hydroxylation sites is 1. The van der Waals surface area contributed by atoms with Crippen LogP contribution in [-0.4, -0.2) is 56.2 Å². The van der Waals surface area contributed by atoms with E-state index in [4.69, 9.17) is 9.47 Å². The summed E-state index contributed by atoms with van der Waals surface area (Å²) >= 11 is 1.51. The molecule has 25 heavy (non-hydrogen) atoms. The van der Waals surface area contributed by atoms with Crippen LogP contribution in [0.2, 0.25) is 0 Å². The molecule has 1 aliphatic heterocycles. The molecule has 8 heteroatoms. The standard InChI is InChI=1S/C17H21N3O3S.ClH/c1-19(2)8-5-9-20(16(21)14-12-22-10-11-23-14)17-18-13-6-3-4-7-15(13)24-17;/h3-4,6-7,12H,5,8-11H2,1-2H3;1H. The van der Waals surface area contributed by atoms with Crippen molar-refractivity contribution in [3.05, 3.63) is 36.3 Å². The third-order valence-corrected chi connectivity index (χ3v) is 4.66. The molecule has 2 aromatic rings. The summed E-state index contributed by atoms with van der Waals surface area (Å²) in [5, 5.41) is 0.690. The number of benzene rings is 1. The van der Waals surface area contributed by atoms with E-state index in [0.717, 1.165) is 23.2 Å². The highest BCUT2D eigenvalue weighted by Gasteiger charge is 2.25. The van der Waals surface area contributed by atoms with Gasteiger partial charge in [-0.1, -0.05) is 23.5 Å². The second-order valence-electron chi connectivity index (χ2n) is 5.78. The minimum Gasteiger partial charge on any atom is -0.494 e. The van der Waals surface area contributed by atoms with Crippen molar-refractivity contribution in [2.75, 3.05) is 45.3 Å². The van der Waals surface area contributed by atoms with Crippen LogP contribution in [0.5, 0.6) is 0 Å². The third kappa shape index (κ3) is 4.84. The van der Waals surface area contributed by atoms with Crippen LogP contribution in [0.1, 0.15) is 6.42 Å². The summed E-state index contributed by atoms with van der Waals surface area (Å²) in [4.78, 5) is 21.3. The maximum atomic E-state index is 12.9. The smallest absolute Gasteiger partial charge is 0.298 e. The van der Waals surface area contributed by atoms with Gasteiger partial charge in [0.25, 0.3) is 5.91 Å². The van der Waals surface area contributed by atoms with E-state index in [2.05, 4.69) is 9.88 Å². The van der Waals surface area contributed by atoms with E-state index in [1.807, 2.05) is 38.4 Å². The molecule has 0 unspecified atom stereocenters. The Bertz CT molecular complexity index is 715. The zero-order valence-corrected chi connectivity index (χ0v) is 15.9. The zero-order valence-electron chi connectivity index (χ0n) is 14.3. The van der Waals surface area contributed by atoms with Crippen LogP contribution in [0, 0.1) is 0 Å². The summed E-state index contributed by atoms with van der Waals surface area (Å²) in [6.07, 6.45) is 2.25. The van der Waals surface area contributed by atoms with Gasteiger partial charge in [0.1, 0.15) is 19.5 Å². The number of aromatic nitrogens is 1. The fourth-order valence-corrected chi connectivity index (χ4v) is 3.41. The van der Waals surface area contributed by atoms with Crippen molar-refractivity contribution >= 4 is 45.0 Å². The first kappa shape index (κ1) is 19.5. The topological polar surface area (TPSA) is 54.9 Å². The average Bonchev–Trinajstić information content (AvgIpc) is 3.02. The molecule has 1 aromatic carbocycles. The van der Waals surface area contributed by atoms with Crippen molar-refractivity contribution in [2.24, 2.45) is 0 Å². The highest BCUT2D eigenvalue weighted by atomic mass is 35.5. The van der Waals surface area contributed by atoms with E-state index >= 15 is 0 Å². The van der Waals surface area contributed by atoms with Crippen LogP contribution in [-0.2, 0) is 14.3 Å². The lowest BCUT2D eigenvalue weighted by Crippen LogP contribution is -2.36. The number of fused-ring (bicyclic) bond motifs is 1. The number of halogens is 1. The van der Waals surface area contributed by atoms with Crippen LogP contribution in [0.4, 0.5) is 5.13 Å². The summed E-state index contributed by atoms with van der Waals surface area (Å²) in [5.41, 5.74) is 0.901. The number of ether oxygens (including phenoxy) is 2. The van der Waals surface area contributed by atoms with Gasteiger partial charge >= 0.3 is 0 Å². The predicted octanol–water partition coefficient (Wildman–Crippen LogP) is 2.89. The average molecular weight is 384 g/mol. The Kier molecular flexibility index (Phi) is 7.04. The molecular weight excluding hydrogens is 362 g/mol. The van der Waals surface area contributed by atoms with Crippen molar-refractivity contribution in [1.82, 2.24) is 9.88 Å². The molecule has 0 aliphatic carbocycles. The fraction of sp³-hybridized carbons (Fsp3) is 0.412. The monoisotopic (exact) mass is 383 g/mol. The first-order chi connectivity index (χ1) is 11.6. The Morgan fingerprint density at radius 1 is 1.24 bits per heavy atom. The molecule has 0 atom stereocenters. The van der Waals surface area contributed by atoms with E-state index in [9.17, 15) is 4.79 Å². The molecule has 0 saturated heterocycles. The normalized spacial score (nSPS) is 13.6. The molecule has 0 spiro atoms. The van der Waals surface area contributed by atoms with Crippen LogP contribution < -0.4 is 4.90 Å². The summed E-state index contributed by atoms with van der Waals surface area (Å²) in [6.45, 7) is 2.34. The van der Waals surface area contributed by atoms with Gasteiger partial charge in [-0.05, 0) is 39.2 Å². The van der Waals surface area contributed by atoms with E-state index < -0.39 is 0 Å². The summed E-state index contributed by atoms with van der Waals surface area (Å²) in [5.74, 6) is 0.0397. The number of anilines is 1. The van der Waals surface area contributed by atoms with E-state index in [0.29, 0.717) is 24.9 Å². The third-order valence-electron chi connectivity index (χ3n) is 3.61. The van der Waals surface area contributed by atoms with Gasteiger partial charge in [0.15, 0.2) is 5.13 Å². The van der Waals surface area contributed by atoms with Crippen LogP contribution in [0.3, 0.4) is 0 Å². The second kappa shape index (κ2) is 9.03. The van der Waals surface area contributed by atoms with E-state index in [1.165, 1.54) is 17.6 Å². The first-order valence-electron chi connectivity index (χ1n) is 7.92. The molecule has 0 fully saturated rings. The largest absolute Gasteiger partial charge is 0.494 e. The molecule has 1 aliphatic rings. The number of hydrogen-bond acceptors (Lipinski definition) is 6. The molecular formula is C17H22ClN3O3S. The SMILES string of the molecule is CN(C)CCCN(C(=O)C1=COCCO1)c1nc2ccccc2s1.Cl. The van der Waals surface area contributed by atoms with Crippen LogP contribution in [0.25, 0.3) is 10.2 Å². The van der Waals surface area contributed by atoms with Crippen molar-refractivity contribution in [3.63, 3.8) is 0 Å². The Morgan fingerprint density at radius 2 is 2.04 bits per heavy atom. The van der Waals surface area contributed by atoms with E-state index in [-0.39, 0.29) is 24.1 Å². The number of nitrogens with zero attached hydrogens (tertiary/aromatic N) is 3. The number of hydrogen-bond donors (Lipinski definition) is 0. The molecule has 0 radical (unpaired) electrons. The van der Waals surface area contributed by atoms with Crippen LogP contribution >= 0.6 is 23.7 Å². The quantitative estimate of drug-likeness (QED) is 0.767. The maximum absolute atomic E-state index is 12.9. The zero-order chi connectivity index (χ0) is 16.9. The molecule has 1 aromatic heterocycles. The molecule has 2 heterocycles.